The largest absolute Gasteiger partial charge is 2.00 e. The third kappa shape index (κ3) is 6.32. The molecule has 4 aromatic carbocycles. The molecule has 7 aromatic rings. The normalized spacial score (nSPS) is 11.4. The topological polar surface area (TPSA) is 44.9 Å². The van der Waals surface area contributed by atoms with Gasteiger partial charge in [0.15, 0.2) is 0 Å². The van der Waals surface area contributed by atoms with Crippen molar-refractivity contribution < 1.29 is 25.2 Å². The maximum atomic E-state index is 6.66. The fourth-order valence-electron chi connectivity index (χ4n) is 7.11. The second kappa shape index (κ2) is 14.8. The van der Waals surface area contributed by atoms with Crippen molar-refractivity contribution in [1.29, 1.82) is 0 Å². The van der Waals surface area contributed by atoms with E-state index in [0.717, 1.165) is 70.3 Å². The summed E-state index contributed by atoms with van der Waals surface area (Å²) >= 11 is 0. The standard InChI is InChI=1S/C44H44N4O.Pd/c1-8-30-15-14-16-31(9-2)43(30)44-38(10-3)46-48(39(44)11-4)33-24-32(28(5)6)25-35(26-33)49-34-19-20-37-36-17-12-13-18-40(36)47(41(37)27-34)42-23-29(7)21-22-45-42;/h12-25,28H,8-11H2,1-7H3;/q-2;+2. The molecular weight excluding hydrogens is 707 g/mol. The number of benzene rings is 4. The smallest absolute Gasteiger partial charge is 0.509 e. The van der Waals surface area contributed by atoms with Crippen LogP contribution in [0.4, 0.5) is 0 Å². The van der Waals surface area contributed by atoms with Crippen molar-refractivity contribution in [2.45, 2.75) is 80.1 Å². The number of aryl methyl sites for hydroxylation is 4. The van der Waals surface area contributed by atoms with Crippen LogP contribution in [0.5, 0.6) is 11.5 Å². The minimum absolute atomic E-state index is 0. The first-order valence-electron chi connectivity index (χ1n) is 17.7. The number of para-hydroxylation sites is 1. The predicted molar refractivity (Wildman–Crippen MR) is 202 cm³/mol. The first kappa shape index (κ1) is 35.3. The number of aromatic nitrogens is 4. The van der Waals surface area contributed by atoms with Gasteiger partial charge < -0.3 is 9.30 Å². The summed E-state index contributed by atoms with van der Waals surface area (Å²) in [6.07, 6.45) is 5.52. The van der Waals surface area contributed by atoms with Gasteiger partial charge in [0.1, 0.15) is 5.82 Å². The van der Waals surface area contributed by atoms with Crippen LogP contribution >= 0.6 is 0 Å². The Hall–Kier alpha value is -4.50. The molecule has 0 atom stereocenters. The fourth-order valence-corrected chi connectivity index (χ4v) is 7.11. The van der Waals surface area contributed by atoms with E-state index in [0.29, 0.717) is 11.5 Å². The molecule has 3 heterocycles. The van der Waals surface area contributed by atoms with E-state index in [1.807, 2.05) is 18.3 Å². The number of ether oxygens (including phenoxy) is 1. The third-order valence-corrected chi connectivity index (χ3v) is 9.63. The molecule has 0 spiro atoms. The molecule has 0 fully saturated rings. The van der Waals surface area contributed by atoms with Gasteiger partial charge >= 0.3 is 20.4 Å². The zero-order chi connectivity index (χ0) is 34.2. The van der Waals surface area contributed by atoms with Gasteiger partial charge in [-0.2, -0.15) is 11.2 Å². The molecule has 3 aromatic heterocycles. The van der Waals surface area contributed by atoms with Crippen molar-refractivity contribution in [3.05, 3.63) is 131 Å². The zero-order valence-electron chi connectivity index (χ0n) is 30.0. The summed E-state index contributed by atoms with van der Waals surface area (Å²) < 4.78 is 11.0. The van der Waals surface area contributed by atoms with Gasteiger partial charge in [0.25, 0.3) is 0 Å². The fraction of sp³-hybridized carbons (Fsp3) is 0.273. The van der Waals surface area contributed by atoms with Crippen LogP contribution in [0.25, 0.3) is 44.4 Å². The number of nitrogens with zero attached hydrogens (tertiary/aromatic N) is 4. The molecular formula is C44H44N4OPd. The SMILES string of the molecule is CCc1cccc(CC)c1-c1c(CC)nn(-c2[c-]c(Oc3[c-]c4c(cc3)c3ccccc3n4-c3cc(C)ccn3)cc(C(C)C)c2)c1CC.[Pd+2]. The molecule has 0 saturated carbocycles. The first-order valence-corrected chi connectivity index (χ1v) is 17.7. The van der Waals surface area contributed by atoms with E-state index in [9.17, 15) is 0 Å². The monoisotopic (exact) mass is 750 g/mol. The van der Waals surface area contributed by atoms with Gasteiger partial charge in [-0.05, 0) is 90.1 Å². The van der Waals surface area contributed by atoms with Crippen LogP contribution in [0.3, 0.4) is 0 Å². The van der Waals surface area contributed by atoms with Crippen molar-refractivity contribution in [3.8, 4) is 34.1 Å². The van der Waals surface area contributed by atoms with Crippen LogP contribution in [0.2, 0.25) is 0 Å². The first-order chi connectivity index (χ1) is 23.8. The third-order valence-electron chi connectivity index (χ3n) is 9.63. The molecule has 0 aliphatic heterocycles. The maximum absolute atomic E-state index is 6.66. The average Bonchev–Trinajstić information content (AvgIpc) is 3.66. The van der Waals surface area contributed by atoms with Crippen LogP contribution in [0.1, 0.15) is 81.1 Å². The second-order valence-corrected chi connectivity index (χ2v) is 13.1. The molecule has 0 amide bonds. The number of hydrogen-bond acceptors (Lipinski definition) is 3. The summed E-state index contributed by atoms with van der Waals surface area (Å²) in [7, 11) is 0. The molecule has 0 aliphatic rings. The Labute approximate surface area is 310 Å². The van der Waals surface area contributed by atoms with E-state index >= 15 is 0 Å². The Bertz CT molecular complexity index is 2290. The average molecular weight is 751 g/mol. The summed E-state index contributed by atoms with van der Waals surface area (Å²) in [5.41, 5.74) is 12.9. The van der Waals surface area contributed by atoms with Gasteiger partial charge in [-0.3, -0.25) is 4.68 Å². The Morgan fingerprint density at radius 2 is 1.50 bits per heavy atom. The van der Waals surface area contributed by atoms with Gasteiger partial charge in [-0.25, -0.2) is 4.98 Å². The number of pyridine rings is 1. The van der Waals surface area contributed by atoms with E-state index in [4.69, 9.17) is 14.8 Å². The van der Waals surface area contributed by atoms with Crippen LogP contribution in [0, 0.1) is 19.1 Å². The van der Waals surface area contributed by atoms with E-state index in [1.165, 1.54) is 33.5 Å². The summed E-state index contributed by atoms with van der Waals surface area (Å²) in [6.45, 7) is 15.4. The van der Waals surface area contributed by atoms with Crippen molar-refractivity contribution in [1.82, 2.24) is 19.3 Å². The van der Waals surface area contributed by atoms with Crippen molar-refractivity contribution in [2.24, 2.45) is 0 Å². The minimum Gasteiger partial charge on any atom is -0.509 e. The maximum Gasteiger partial charge on any atom is 2.00 e. The Balaban J connectivity index is 0.00000432. The Morgan fingerprint density at radius 3 is 2.18 bits per heavy atom. The van der Waals surface area contributed by atoms with Crippen molar-refractivity contribution >= 4 is 21.8 Å². The molecule has 0 bridgehead atoms. The molecule has 7 rings (SSSR count). The molecule has 50 heavy (non-hydrogen) atoms. The number of rotatable bonds is 10. The molecule has 5 nitrogen and oxygen atoms in total. The van der Waals surface area contributed by atoms with Gasteiger partial charge in [-0.1, -0.05) is 83.5 Å². The molecule has 256 valence electrons. The van der Waals surface area contributed by atoms with Crippen LogP contribution < -0.4 is 4.74 Å². The number of fused-ring (bicyclic) bond motifs is 3. The molecule has 0 radical (unpaired) electrons. The van der Waals surface area contributed by atoms with E-state index in [2.05, 4.69) is 137 Å². The zero-order valence-corrected chi connectivity index (χ0v) is 31.6. The Morgan fingerprint density at radius 1 is 0.740 bits per heavy atom. The summed E-state index contributed by atoms with van der Waals surface area (Å²) in [5.74, 6) is 2.42. The summed E-state index contributed by atoms with van der Waals surface area (Å²) in [5, 5.41) is 7.54. The van der Waals surface area contributed by atoms with Gasteiger partial charge in [0.2, 0.25) is 0 Å². The van der Waals surface area contributed by atoms with E-state index in [1.54, 1.807) is 0 Å². The molecule has 0 N–H and O–H groups in total. The second-order valence-electron chi connectivity index (χ2n) is 13.1. The quantitative estimate of drug-likeness (QED) is 0.103. The van der Waals surface area contributed by atoms with E-state index in [-0.39, 0.29) is 26.3 Å². The minimum atomic E-state index is 0. The van der Waals surface area contributed by atoms with Crippen molar-refractivity contribution in [3.63, 3.8) is 0 Å². The van der Waals surface area contributed by atoms with Gasteiger partial charge in [0.05, 0.1) is 5.69 Å². The number of hydrogen-bond donors (Lipinski definition) is 0. The van der Waals surface area contributed by atoms with Crippen LogP contribution in [-0.2, 0) is 46.1 Å². The van der Waals surface area contributed by atoms with Gasteiger partial charge in [-0.15, -0.1) is 41.3 Å². The van der Waals surface area contributed by atoms with Crippen molar-refractivity contribution in [2.75, 3.05) is 0 Å². The van der Waals surface area contributed by atoms with Crippen LogP contribution in [-0.4, -0.2) is 19.3 Å². The molecule has 6 heteroatoms. The molecule has 0 aliphatic carbocycles. The predicted octanol–water partition coefficient (Wildman–Crippen LogP) is 11.1. The summed E-state index contributed by atoms with van der Waals surface area (Å²) in [6, 6.07) is 35.0. The summed E-state index contributed by atoms with van der Waals surface area (Å²) in [4.78, 5) is 4.73. The van der Waals surface area contributed by atoms with Gasteiger partial charge in [0, 0.05) is 34.5 Å². The molecule has 0 saturated heterocycles. The molecule has 0 unspecified atom stereocenters. The Kier molecular flexibility index (Phi) is 10.4. The van der Waals surface area contributed by atoms with E-state index < -0.39 is 0 Å². The van der Waals surface area contributed by atoms with Crippen LogP contribution in [0.15, 0.2) is 85.1 Å².